The van der Waals surface area contributed by atoms with E-state index in [9.17, 15) is 4.39 Å². The minimum absolute atomic E-state index is 0.0770. The molecule has 2 aromatic rings. The Bertz CT molecular complexity index is 618. The smallest absolute Gasteiger partial charge is 0.162 e. The van der Waals surface area contributed by atoms with Crippen molar-refractivity contribution in [3.05, 3.63) is 53.8 Å². The SMILES string of the molecule is NCC(Sc1ccc2c(c1)OCCO2)c1ccc(F)cc1. The van der Waals surface area contributed by atoms with Crippen molar-refractivity contribution in [3.63, 3.8) is 0 Å². The maximum absolute atomic E-state index is 13.0. The summed E-state index contributed by atoms with van der Waals surface area (Å²) in [7, 11) is 0. The molecule has 5 heteroatoms. The van der Waals surface area contributed by atoms with Crippen molar-refractivity contribution >= 4 is 11.8 Å². The van der Waals surface area contributed by atoms with Crippen LogP contribution in [0.3, 0.4) is 0 Å². The van der Waals surface area contributed by atoms with Gasteiger partial charge in [-0.2, -0.15) is 0 Å². The van der Waals surface area contributed by atoms with Crippen molar-refractivity contribution in [2.75, 3.05) is 19.8 Å². The summed E-state index contributed by atoms with van der Waals surface area (Å²) in [6.07, 6.45) is 0. The molecule has 110 valence electrons. The Morgan fingerprint density at radius 3 is 2.48 bits per heavy atom. The molecule has 1 atom stereocenters. The van der Waals surface area contributed by atoms with E-state index in [1.807, 2.05) is 18.2 Å². The van der Waals surface area contributed by atoms with Crippen molar-refractivity contribution in [3.8, 4) is 11.5 Å². The molecule has 0 saturated heterocycles. The van der Waals surface area contributed by atoms with Crippen LogP contribution in [0.15, 0.2) is 47.4 Å². The summed E-state index contributed by atoms with van der Waals surface area (Å²) in [6, 6.07) is 12.3. The van der Waals surface area contributed by atoms with Gasteiger partial charge in [-0.25, -0.2) is 4.39 Å². The Morgan fingerprint density at radius 2 is 1.76 bits per heavy atom. The zero-order chi connectivity index (χ0) is 14.7. The van der Waals surface area contributed by atoms with Gasteiger partial charge in [0.25, 0.3) is 0 Å². The fourth-order valence-corrected chi connectivity index (χ4v) is 3.23. The van der Waals surface area contributed by atoms with Gasteiger partial charge in [-0.15, -0.1) is 11.8 Å². The molecule has 1 heterocycles. The van der Waals surface area contributed by atoms with Gasteiger partial charge >= 0.3 is 0 Å². The summed E-state index contributed by atoms with van der Waals surface area (Å²) >= 11 is 1.64. The molecule has 0 aromatic heterocycles. The van der Waals surface area contributed by atoms with Gasteiger partial charge in [-0.05, 0) is 35.9 Å². The average molecular weight is 305 g/mol. The lowest BCUT2D eigenvalue weighted by atomic mass is 10.1. The molecule has 0 fully saturated rings. The van der Waals surface area contributed by atoms with Crippen molar-refractivity contribution in [2.24, 2.45) is 5.73 Å². The van der Waals surface area contributed by atoms with E-state index in [1.54, 1.807) is 23.9 Å². The molecule has 0 amide bonds. The first-order valence-corrected chi connectivity index (χ1v) is 7.66. The first-order valence-electron chi connectivity index (χ1n) is 6.78. The molecule has 1 aliphatic heterocycles. The predicted octanol–water partition coefficient (Wildman–Crippen LogP) is 3.39. The molecule has 2 aromatic carbocycles. The lowest BCUT2D eigenvalue weighted by Gasteiger charge is -2.20. The van der Waals surface area contributed by atoms with Crippen LogP contribution in [0.5, 0.6) is 11.5 Å². The van der Waals surface area contributed by atoms with E-state index in [0.29, 0.717) is 19.8 Å². The zero-order valence-corrected chi connectivity index (χ0v) is 12.2. The van der Waals surface area contributed by atoms with Crippen LogP contribution in [0.25, 0.3) is 0 Å². The summed E-state index contributed by atoms with van der Waals surface area (Å²) in [6.45, 7) is 1.63. The largest absolute Gasteiger partial charge is 0.486 e. The van der Waals surface area contributed by atoms with Gasteiger partial charge in [0, 0.05) is 16.7 Å². The van der Waals surface area contributed by atoms with Gasteiger partial charge in [-0.3, -0.25) is 0 Å². The van der Waals surface area contributed by atoms with Crippen LogP contribution >= 0.6 is 11.8 Å². The number of ether oxygens (including phenoxy) is 2. The van der Waals surface area contributed by atoms with E-state index in [4.69, 9.17) is 15.2 Å². The van der Waals surface area contributed by atoms with Crippen molar-refractivity contribution in [1.29, 1.82) is 0 Å². The average Bonchev–Trinajstić information content (AvgIpc) is 2.53. The number of nitrogens with two attached hydrogens (primary N) is 1. The molecular weight excluding hydrogens is 289 g/mol. The second-order valence-corrected chi connectivity index (χ2v) is 5.98. The van der Waals surface area contributed by atoms with Crippen molar-refractivity contribution < 1.29 is 13.9 Å². The van der Waals surface area contributed by atoms with E-state index in [0.717, 1.165) is 22.0 Å². The molecule has 2 N–H and O–H groups in total. The molecule has 0 spiro atoms. The summed E-state index contributed by atoms with van der Waals surface area (Å²) in [4.78, 5) is 1.05. The third-order valence-electron chi connectivity index (χ3n) is 3.25. The molecule has 3 nitrogen and oxygen atoms in total. The van der Waals surface area contributed by atoms with Crippen LogP contribution in [0.1, 0.15) is 10.8 Å². The van der Waals surface area contributed by atoms with Crippen LogP contribution in [0.4, 0.5) is 4.39 Å². The number of hydrogen-bond donors (Lipinski definition) is 1. The van der Waals surface area contributed by atoms with E-state index in [-0.39, 0.29) is 11.1 Å². The zero-order valence-electron chi connectivity index (χ0n) is 11.4. The highest BCUT2D eigenvalue weighted by molar-refractivity contribution is 7.99. The van der Waals surface area contributed by atoms with E-state index in [1.165, 1.54) is 12.1 Å². The quantitative estimate of drug-likeness (QED) is 0.880. The molecule has 1 aliphatic rings. The molecule has 0 aliphatic carbocycles. The highest BCUT2D eigenvalue weighted by atomic mass is 32.2. The van der Waals surface area contributed by atoms with Gasteiger partial charge < -0.3 is 15.2 Å². The summed E-state index contributed by atoms with van der Waals surface area (Å²) in [5.74, 6) is 1.30. The number of thioether (sulfide) groups is 1. The minimum atomic E-state index is -0.237. The number of benzene rings is 2. The molecule has 1 unspecified atom stereocenters. The Morgan fingerprint density at radius 1 is 1.05 bits per heavy atom. The first kappa shape index (κ1) is 14.2. The number of rotatable bonds is 4. The lowest BCUT2D eigenvalue weighted by Crippen LogP contribution is -2.15. The Balaban J connectivity index is 1.79. The fourth-order valence-electron chi connectivity index (χ4n) is 2.19. The second-order valence-electron chi connectivity index (χ2n) is 4.70. The van der Waals surface area contributed by atoms with Gasteiger partial charge in [-0.1, -0.05) is 12.1 Å². The van der Waals surface area contributed by atoms with Crippen LogP contribution in [-0.4, -0.2) is 19.8 Å². The Hall–Kier alpha value is -1.72. The third-order valence-corrected chi connectivity index (χ3v) is 4.52. The Labute approximate surface area is 127 Å². The Kier molecular flexibility index (Phi) is 4.31. The van der Waals surface area contributed by atoms with Crippen LogP contribution in [0.2, 0.25) is 0 Å². The molecule has 21 heavy (non-hydrogen) atoms. The van der Waals surface area contributed by atoms with Crippen LogP contribution < -0.4 is 15.2 Å². The molecular formula is C16H16FNO2S. The first-order chi connectivity index (χ1) is 10.3. The van der Waals surface area contributed by atoms with E-state index in [2.05, 4.69) is 0 Å². The van der Waals surface area contributed by atoms with Crippen LogP contribution in [-0.2, 0) is 0 Å². The highest BCUT2D eigenvalue weighted by Crippen LogP contribution is 2.39. The molecule has 3 rings (SSSR count). The number of hydrogen-bond acceptors (Lipinski definition) is 4. The minimum Gasteiger partial charge on any atom is -0.486 e. The van der Waals surface area contributed by atoms with Gasteiger partial charge in [0.15, 0.2) is 11.5 Å². The highest BCUT2D eigenvalue weighted by Gasteiger charge is 2.15. The van der Waals surface area contributed by atoms with Crippen molar-refractivity contribution in [2.45, 2.75) is 10.1 Å². The maximum Gasteiger partial charge on any atom is 0.162 e. The van der Waals surface area contributed by atoms with E-state index >= 15 is 0 Å². The van der Waals surface area contributed by atoms with E-state index < -0.39 is 0 Å². The topological polar surface area (TPSA) is 44.5 Å². The molecule has 0 saturated carbocycles. The van der Waals surface area contributed by atoms with Crippen molar-refractivity contribution in [1.82, 2.24) is 0 Å². The third kappa shape index (κ3) is 3.31. The maximum atomic E-state index is 13.0. The summed E-state index contributed by atoms with van der Waals surface area (Å²) in [5, 5.41) is 0.0770. The van der Waals surface area contributed by atoms with Gasteiger partial charge in [0.05, 0.1) is 0 Å². The fraction of sp³-hybridized carbons (Fsp3) is 0.250. The molecule has 0 bridgehead atoms. The standard InChI is InChI=1S/C16H16FNO2S/c17-12-3-1-11(2-4-12)16(10-18)21-13-5-6-14-15(9-13)20-8-7-19-14/h1-6,9,16H,7-8,10,18H2. The van der Waals surface area contributed by atoms with Gasteiger partial charge in [0.1, 0.15) is 19.0 Å². The predicted molar refractivity (Wildman–Crippen MR) is 81.5 cm³/mol. The number of fused-ring (bicyclic) bond motifs is 1. The monoisotopic (exact) mass is 305 g/mol. The summed E-state index contributed by atoms with van der Waals surface area (Å²) in [5.41, 5.74) is 6.87. The summed E-state index contributed by atoms with van der Waals surface area (Å²) < 4.78 is 24.1. The lowest BCUT2D eigenvalue weighted by molar-refractivity contribution is 0.171. The number of halogens is 1. The second kappa shape index (κ2) is 6.37. The van der Waals surface area contributed by atoms with Crippen LogP contribution in [0, 0.1) is 5.82 Å². The molecule has 0 radical (unpaired) electrons. The van der Waals surface area contributed by atoms with Gasteiger partial charge in [0.2, 0.25) is 0 Å². The normalized spacial score (nSPS) is 14.8.